The van der Waals surface area contributed by atoms with E-state index in [-0.39, 0.29) is 0 Å². The quantitative estimate of drug-likeness (QED) is 0.634. The highest BCUT2D eigenvalue weighted by Gasteiger charge is 2.33. The highest BCUT2D eigenvalue weighted by Crippen LogP contribution is 2.22. The van der Waals surface area contributed by atoms with Crippen LogP contribution in [0.3, 0.4) is 0 Å². The molecule has 0 saturated heterocycles. The summed E-state index contributed by atoms with van der Waals surface area (Å²) >= 11 is 0. The highest BCUT2D eigenvalue weighted by molar-refractivity contribution is 5.76. The molecule has 0 aromatic rings. The lowest BCUT2D eigenvalue weighted by Gasteiger charge is -2.27. The van der Waals surface area contributed by atoms with Crippen molar-refractivity contribution in [3.63, 3.8) is 0 Å². The van der Waals surface area contributed by atoms with Gasteiger partial charge in [0.15, 0.2) is 5.60 Å². The Bertz CT molecular complexity index is 216. The average Bonchev–Trinajstić information content (AvgIpc) is 2.29. The van der Waals surface area contributed by atoms with E-state index >= 15 is 0 Å². The number of carboxylic acid groups (broad SMARTS) is 1. The van der Waals surface area contributed by atoms with Crippen LogP contribution in [-0.2, 0) is 9.53 Å². The van der Waals surface area contributed by atoms with Crippen LogP contribution in [0.5, 0.6) is 0 Å². The summed E-state index contributed by atoms with van der Waals surface area (Å²) in [6.07, 6.45) is 5.97. The summed E-state index contributed by atoms with van der Waals surface area (Å²) in [4.78, 5) is 11.2. The normalized spacial score (nSPS) is 16.5. The molecule has 0 rings (SSSR count). The molecule has 0 fully saturated rings. The van der Waals surface area contributed by atoms with Gasteiger partial charge in [-0.3, -0.25) is 0 Å². The Balaban J connectivity index is 4.22. The summed E-state index contributed by atoms with van der Waals surface area (Å²) in [5.74, 6) is -0.352. The van der Waals surface area contributed by atoms with Gasteiger partial charge in [-0.25, -0.2) is 4.79 Å². The van der Waals surface area contributed by atoms with Gasteiger partial charge >= 0.3 is 5.97 Å². The van der Waals surface area contributed by atoms with Gasteiger partial charge in [0.25, 0.3) is 0 Å². The zero-order valence-electron chi connectivity index (χ0n) is 11.8. The number of unbranched alkanes of at least 4 members (excludes halogenated alkanes) is 1. The Hall–Kier alpha value is -0.570. The Morgan fingerprint density at radius 3 is 2.35 bits per heavy atom. The van der Waals surface area contributed by atoms with Crippen molar-refractivity contribution in [3.05, 3.63) is 0 Å². The van der Waals surface area contributed by atoms with Crippen molar-refractivity contribution in [2.24, 2.45) is 5.92 Å². The van der Waals surface area contributed by atoms with E-state index in [2.05, 4.69) is 13.8 Å². The molecular weight excluding hydrogens is 216 g/mol. The van der Waals surface area contributed by atoms with Crippen LogP contribution in [0.25, 0.3) is 0 Å². The maximum Gasteiger partial charge on any atom is 0.335 e. The van der Waals surface area contributed by atoms with Gasteiger partial charge in [0, 0.05) is 0 Å². The largest absolute Gasteiger partial charge is 0.479 e. The molecule has 0 spiro atoms. The van der Waals surface area contributed by atoms with E-state index in [9.17, 15) is 9.90 Å². The summed E-state index contributed by atoms with van der Waals surface area (Å²) < 4.78 is 5.68. The molecule has 2 atom stereocenters. The fraction of sp³-hybridized carbons (Fsp3) is 0.929. The second-order valence-electron chi connectivity index (χ2n) is 5.01. The first-order valence-corrected chi connectivity index (χ1v) is 6.87. The zero-order valence-corrected chi connectivity index (χ0v) is 11.8. The molecule has 1 N–H and O–H groups in total. The molecular formula is C14H28O3. The van der Waals surface area contributed by atoms with E-state index in [4.69, 9.17) is 4.74 Å². The van der Waals surface area contributed by atoms with Crippen LogP contribution in [0, 0.1) is 5.92 Å². The lowest BCUT2D eigenvalue weighted by Crippen LogP contribution is -2.39. The van der Waals surface area contributed by atoms with Crippen LogP contribution in [0.15, 0.2) is 0 Å². The highest BCUT2D eigenvalue weighted by atomic mass is 16.5. The molecule has 102 valence electrons. The number of ether oxygens (including phenoxy) is 1. The van der Waals surface area contributed by atoms with Crippen LogP contribution in [0.1, 0.15) is 66.2 Å². The number of hydrogen-bond acceptors (Lipinski definition) is 2. The monoisotopic (exact) mass is 244 g/mol. The number of carbonyl (C=O) groups is 1. The number of carboxylic acids is 1. The summed E-state index contributed by atoms with van der Waals surface area (Å²) in [5.41, 5.74) is -1.01. The maximum atomic E-state index is 11.2. The molecule has 0 bridgehead atoms. The third kappa shape index (κ3) is 6.06. The van der Waals surface area contributed by atoms with Gasteiger partial charge in [-0.2, -0.15) is 0 Å². The first kappa shape index (κ1) is 16.4. The maximum absolute atomic E-state index is 11.2. The van der Waals surface area contributed by atoms with Crippen LogP contribution in [0.4, 0.5) is 0 Å². The minimum Gasteiger partial charge on any atom is -0.479 e. The summed E-state index contributed by atoms with van der Waals surface area (Å²) in [5, 5.41) is 9.20. The van der Waals surface area contributed by atoms with Crippen LogP contribution >= 0.6 is 0 Å². The van der Waals surface area contributed by atoms with Crippen LogP contribution in [-0.4, -0.2) is 23.3 Å². The average molecular weight is 244 g/mol. The topological polar surface area (TPSA) is 46.5 Å². The summed E-state index contributed by atoms with van der Waals surface area (Å²) in [6, 6.07) is 0. The minimum atomic E-state index is -1.01. The van der Waals surface area contributed by atoms with Gasteiger partial charge in [-0.15, -0.1) is 0 Å². The van der Waals surface area contributed by atoms with Crippen LogP contribution in [0.2, 0.25) is 0 Å². The van der Waals surface area contributed by atoms with Crippen molar-refractivity contribution in [2.75, 3.05) is 6.61 Å². The zero-order chi connectivity index (χ0) is 13.3. The van der Waals surface area contributed by atoms with Gasteiger partial charge in [0.2, 0.25) is 0 Å². The van der Waals surface area contributed by atoms with E-state index in [1.165, 1.54) is 12.8 Å². The van der Waals surface area contributed by atoms with E-state index in [1.807, 2.05) is 6.92 Å². The summed E-state index contributed by atoms with van der Waals surface area (Å²) in [6.45, 7) is 8.55. The predicted octanol–water partition coefficient (Wildman–Crippen LogP) is 3.86. The summed E-state index contributed by atoms with van der Waals surface area (Å²) in [7, 11) is 0. The minimum absolute atomic E-state index is 0.491. The molecule has 0 aliphatic carbocycles. The molecule has 0 heterocycles. The molecule has 0 aliphatic heterocycles. The Morgan fingerprint density at radius 1 is 1.29 bits per heavy atom. The Labute approximate surface area is 106 Å². The third-order valence-electron chi connectivity index (χ3n) is 3.36. The van der Waals surface area contributed by atoms with Gasteiger partial charge < -0.3 is 9.84 Å². The second kappa shape index (κ2) is 8.51. The van der Waals surface area contributed by atoms with Gasteiger partial charge in [-0.1, -0.05) is 46.5 Å². The number of hydrogen-bond donors (Lipinski definition) is 1. The molecule has 17 heavy (non-hydrogen) atoms. The molecule has 2 unspecified atom stereocenters. The van der Waals surface area contributed by atoms with Crippen molar-refractivity contribution in [2.45, 2.75) is 71.8 Å². The standard InChI is InChI=1S/C14H28O3/c1-5-8-9-12(7-3)11-17-14(4,10-6-2)13(15)16/h12H,5-11H2,1-4H3,(H,15,16). The fourth-order valence-corrected chi connectivity index (χ4v) is 1.92. The Morgan fingerprint density at radius 2 is 1.94 bits per heavy atom. The van der Waals surface area contributed by atoms with Gasteiger partial charge in [0.05, 0.1) is 6.61 Å². The van der Waals surface area contributed by atoms with Gasteiger partial charge in [0.1, 0.15) is 0 Å². The lowest BCUT2D eigenvalue weighted by atomic mass is 9.98. The van der Waals surface area contributed by atoms with Crippen molar-refractivity contribution in [1.29, 1.82) is 0 Å². The fourth-order valence-electron chi connectivity index (χ4n) is 1.92. The molecule has 0 radical (unpaired) electrons. The molecule has 0 aromatic carbocycles. The van der Waals surface area contributed by atoms with Crippen molar-refractivity contribution in [3.8, 4) is 0 Å². The smallest absolute Gasteiger partial charge is 0.335 e. The number of aliphatic carboxylic acids is 1. The molecule has 0 aromatic heterocycles. The second-order valence-corrected chi connectivity index (χ2v) is 5.01. The van der Waals surface area contributed by atoms with Gasteiger partial charge in [-0.05, 0) is 25.7 Å². The van der Waals surface area contributed by atoms with E-state index in [0.29, 0.717) is 18.9 Å². The van der Waals surface area contributed by atoms with Crippen molar-refractivity contribution < 1.29 is 14.6 Å². The molecule has 3 heteroatoms. The van der Waals surface area contributed by atoms with E-state index < -0.39 is 11.6 Å². The molecule has 3 nitrogen and oxygen atoms in total. The SMILES string of the molecule is CCCCC(CC)COC(C)(CCC)C(=O)O. The van der Waals surface area contributed by atoms with E-state index in [1.54, 1.807) is 6.92 Å². The van der Waals surface area contributed by atoms with Crippen molar-refractivity contribution >= 4 is 5.97 Å². The van der Waals surface area contributed by atoms with Crippen LogP contribution < -0.4 is 0 Å². The van der Waals surface area contributed by atoms with E-state index in [0.717, 1.165) is 19.3 Å². The number of rotatable bonds is 10. The lowest BCUT2D eigenvalue weighted by molar-refractivity contribution is -0.166. The Kier molecular flexibility index (Phi) is 8.23. The molecule has 0 aliphatic rings. The molecule has 0 saturated carbocycles. The first-order chi connectivity index (χ1) is 8.00. The molecule has 0 amide bonds. The first-order valence-electron chi connectivity index (χ1n) is 6.87. The van der Waals surface area contributed by atoms with Crippen molar-refractivity contribution in [1.82, 2.24) is 0 Å². The third-order valence-corrected chi connectivity index (χ3v) is 3.36. The predicted molar refractivity (Wildman–Crippen MR) is 70.2 cm³/mol.